The van der Waals surface area contributed by atoms with Crippen molar-refractivity contribution in [2.24, 2.45) is 23.5 Å². The summed E-state index contributed by atoms with van der Waals surface area (Å²) in [4.78, 5) is 3.98. The fourth-order valence-corrected chi connectivity index (χ4v) is 4.63. The first-order chi connectivity index (χ1) is 9.58. The highest BCUT2D eigenvalue weighted by Crippen LogP contribution is 2.47. The van der Waals surface area contributed by atoms with Crippen LogP contribution in [0.25, 0.3) is 0 Å². The number of nitrogens with one attached hydrogen (secondary N) is 1. The number of pyridine rings is 1. The minimum atomic E-state index is -3.49. The van der Waals surface area contributed by atoms with Gasteiger partial charge in [-0.3, -0.25) is 0 Å². The number of rotatable bonds is 5. The van der Waals surface area contributed by atoms with Crippen LogP contribution in [-0.4, -0.2) is 19.9 Å². The first-order valence-electron chi connectivity index (χ1n) is 7.23. The standard InChI is InChI=1S/C14H21N3O2S/c15-7-11-2-4-14(16-8-11)20(18,19)17-9-13-6-10-1-3-12(13)5-10/h2,4,8,10,12-13,17H,1,3,5-7,9,15H2. The Balaban J connectivity index is 1.63. The van der Waals surface area contributed by atoms with E-state index in [9.17, 15) is 8.42 Å². The highest BCUT2D eigenvalue weighted by atomic mass is 32.2. The Morgan fingerprint density at radius 2 is 2.15 bits per heavy atom. The molecule has 0 aliphatic heterocycles. The lowest BCUT2D eigenvalue weighted by Gasteiger charge is -2.21. The van der Waals surface area contributed by atoms with Crippen LogP contribution in [-0.2, 0) is 16.6 Å². The van der Waals surface area contributed by atoms with Crippen LogP contribution in [0.2, 0.25) is 0 Å². The zero-order valence-corrected chi connectivity index (χ0v) is 12.3. The fraction of sp³-hybridized carbons (Fsp3) is 0.643. The first-order valence-corrected chi connectivity index (χ1v) is 8.71. The summed E-state index contributed by atoms with van der Waals surface area (Å²) in [6.07, 6.45) is 6.57. The molecule has 0 saturated heterocycles. The lowest BCUT2D eigenvalue weighted by atomic mass is 9.89. The van der Waals surface area contributed by atoms with Gasteiger partial charge in [0.25, 0.3) is 10.0 Å². The van der Waals surface area contributed by atoms with Gasteiger partial charge in [-0.25, -0.2) is 18.1 Å². The van der Waals surface area contributed by atoms with Gasteiger partial charge in [0.05, 0.1) is 0 Å². The average molecular weight is 295 g/mol. The Morgan fingerprint density at radius 1 is 1.30 bits per heavy atom. The summed E-state index contributed by atoms with van der Waals surface area (Å²) in [7, 11) is -3.49. The molecule has 2 aliphatic rings. The van der Waals surface area contributed by atoms with Gasteiger partial charge in [0.15, 0.2) is 5.03 Å². The average Bonchev–Trinajstić information content (AvgIpc) is 3.08. The van der Waals surface area contributed by atoms with Crippen LogP contribution in [0.1, 0.15) is 31.2 Å². The summed E-state index contributed by atoms with van der Waals surface area (Å²) < 4.78 is 27.1. The van der Waals surface area contributed by atoms with Crippen molar-refractivity contribution in [3.8, 4) is 0 Å². The molecule has 0 amide bonds. The van der Waals surface area contributed by atoms with Crippen molar-refractivity contribution >= 4 is 10.0 Å². The smallest absolute Gasteiger partial charge is 0.258 e. The molecule has 6 heteroatoms. The molecule has 2 fully saturated rings. The van der Waals surface area contributed by atoms with Gasteiger partial charge in [-0.15, -0.1) is 0 Å². The van der Waals surface area contributed by atoms with Crippen LogP contribution >= 0.6 is 0 Å². The highest BCUT2D eigenvalue weighted by molar-refractivity contribution is 7.89. The molecule has 0 spiro atoms. The molecule has 2 aliphatic carbocycles. The molecule has 5 nitrogen and oxygen atoms in total. The van der Waals surface area contributed by atoms with Gasteiger partial charge < -0.3 is 5.73 Å². The normalized spacial score (nSPS) is 28.9. The number of hydrogen-bond acceptors (Lipinski definition) is 4. The molecule has 0 aromatic carbocycles. The summed E-state index contributed by atoms with van der Waals surface area (Å²) in [5.74, 6) is 2.05. The largest absolute Gasteiger partial charge is 0.326 e. The molecule has 110 valence electrons. The Bertz CT molecular complexity index is 571. The Morgan fingerprint density at radius 3 is 2.70 bits per heavy atom. The Labute approximate surface area is 120 Å². The number of nitrogens with zero attached hydrogens (tertiary/aromatic N) is 1. The van der Waals surface area contributed by atoms with Crippen LogP contribution < -0.4 is 10.5 Å². The van der Waals surface area contributed by atoms with E-state index in [-0.39, 0.29) is 5.03 Å². The second-order valence-corrected chi connectivity index (χ2v) is 7.71. The fourth-order valence-electron chi connectivity index (χ4n) is 3.61. The van der Waals surface area contributed by atoms with E-state index in [1.165, 1.54) is 37.9 Å². The Kier molecular flexibility index (Phi) is 3.79. The molecule has 3 rings (SSSR count). The second kappa shape index (κ2) is 5.42. The summed E-state index contributed by atoms with van der Waals surface area (Å²) >= 11 is 0. The van der Waals surface area contributed by atoms with Crippen LogP contribution in [0, 0.1) is 17.8 Å². The van der Waals surface area contributed by atoms with Crippen molar-refractivity contribution in [3.63, 3.8) is 0 Å². The van der Waals surface area contributed by atoms with Gasteiger partial charge in [-0.05, 0) is 48.6 Å². The first kappa shape index (κ1) is 14.0. The molecule has 1 aromatic heterocycles. The summed E-state index contributed by atoms with van der Waals surface area (Å²) in [6.45, 7) is 0.912. The number of sulfonamides is 1. The minimum absolute atomic E-state index is 0.0813. The van der Waals surface area contributed by atoms with Crippen molar-refractivity contribution in [1.29, 1.82) is 0 Å². The zero-order chi connectivity index (χ0) is 14.2. The molecule has 0 radical (unpaired) electrons. The van der Waals surface area contributed by atoms with Gasteiger partial charge in [-0.1, -0.05) is 12.5 Å². The molecule has 20 heavy (non-hydrogen) atoms. The highest BCUT2D eigenvalue weighted by Gasteiger charge is 2.39. The van der Waals surface area contributed by atoms with Crippen LogP contribution in [0.15, 0.2) is 23.4 Å². The molecule has 3 unspecified atom stereocenters. The molecule has 2 bridgehead atoms. The van der Waals surface area contributed by atoms with Crippen LogP contribution in [0.5, 0.6) is 0 Å². The predicted molar refractivity (Wildman–Crippen MR) is 76.3 cm³/mol. The molecular formula is C14H21N3O2S. The van der Waals surface area contributed by atoms with E-state index in [0.29, 0.717) is 19.0 Å². The topological polar surface area (TPSA) is 85.1 Å². The van der Waals surface area contributed by atoms with Gasteiger partial charge >= 0.3 is 0 Å². The van der Waals surface area contributed by atoms with Crippen LogP contribution in [0.3, 0.4) is 0 Å². The van der Waals surface area contributed by atoms with E-state index < -0.39 is 10.0 Å². The third-order valence-corrected chi connectivity index (χ3v) is 6.07. The van der Waals surface area contributed by atoms with Crippen LogP contribution in [0.4, 0.5) is 0 Å². The van der Waals surface area contributed by atoms with E-state index in [2.05, 4.69) is 9.71 Å². The number of fused-ring (bicyclic) bond motifs is 2. The molecular weight excluding hydrogens is 274 g/mol. The van der Waals surface area contributed by atoms with Gasteiger partial charge in [0.2, 0.25) is 0 Å². The summed E-state index contributed by atoms with van der Waals surface area (Å²) in [5, 5.41) is 0.0813. The van der Waals surface area contributed by atoms with Crippen molar-refractivity contribution in [2.45, 2.75) is 37.3 Å². The molecule has 3 atom stereocenters. The SMILES string of the molecule is NCc1ccc(S(=O)(=O)NCC2CC3CCC2C3)nc1. The van der Waals surface area contributed by atoms with E-state index >= 15 is 0 Å². The van der Waals surface area contributed by atoms with Gasteiger partial charge in [0, 0.05) is 19.3 Å². The number of nitrogens with two attached hydrogens (primary N) is 1. The van der Waals surface area contributed by atoms with Crippen molar-refractivity contribution in [2.75, 3.05) is 6.54 Å². The van der Waals surface area contributed by atoms with E-state index in [1.807, 2.05) is 0 Å². The van der Waals surface area contributed by atoms with Crippen molar-refractivity contribution in [1.82, 2.24) is 9.71 Å². The van der Waals surface area contributed by atoms with Crippen molar-refractivity contribution < 1.29 is 8.42 Å². The van der Waals surface area contributed by atoms with E-state index in [0.717, 1.165) is 17.4 Å². The number of aromatic nitrogens is 1. The maximum absolute atomic E-state index is 12.2. The van der Waals surface area contributed by atoms with Crippen molar-refractivity contribution in [3.05, 3.63) is 23.9 Å². The third-order valence-electron chi connectivity index (χ3n) is 4.73. The lowest BCUT2D eigenvalue weighted by Crippen LogP contribution is -2.32. The molecule has 1 aromatic rings. The lowest BCUT2D eigenvalue weighted by molar-refractivity contribution is 0.332. The molecule has 3 N–H and O–H groups in total. The predicted octanol–water partition coefficient (Wildman–Crippen LogP) is 1.25. The second-order valence-electron chi connectivity index (χ2n) is 6.00. The van der Waals surface area contributed by atoms with E-state index in [1.54, 1.807) is 6.07 Å². The van der Waals surface area contributed by atoms with Gasteiger partial charge in [0.1, 0.15) is 0 Å². The monoisotopic (exact) mass is 295 g/mol. The molecule has 1 heterocycles. The summed E-state index contributed by atoms with van der Waals surface area (Å²) in [6, 6.07) is 3.23. The Hall–Kier alpha value is -0.980. The zero-order valence-electron chi connectivity index (χ0n) is 11.5. The third kappa shape index (κ3) is 2.73. The quantitative estimate of drug-likeness (QED) is 0.856. The summed E-state index contributed by atoms with van der Waals surface area (Å²) in [5.41, 5.74) is 6.31. The molecule has 2 saturated carbocycles. The maximum Gasteiger partial charge on any atom is 0.258 e. The van der Waals surface area contributed by atoms with E-state index in [4.69, 9.17) is 5.73 Å². The van der Waals surface area contributed by atoms with Gasteiger partial charge in [-0.2, -0.15) is 0 Å². The minimum Gasteiger partial charge on any atom is -0.326 e. The number of hydrogen-bond donors (Lipinski definition) is 2. The maximum atomic E-state index is 12.2.